The summed E-state index contributed by atoms with van der Waals surface area (Å²) in [4.78, 5) is 25.2. The second-order valence-electron chi connectivity index (χ2n) is 7.53. The molecule has 130 valence electrons. The van der Waals surface area contributed by atoms with Crippen molar-refractivity contribution in [1.82, 2.24) is 4.90 Å². The smallest absolute Gasteiger partial charge is 0.354 e. The second kappa shape index (κ2) is 6.13. The number of aliphatic carboxylic acids is 1. The summed E-state index contributed by atoms with van der Waals surface area (Å²) in [6.07, 6.45) is 0.560. The average molecular weight is 376 g/mol. The molecule has 2 heterocycles. The van der Waals surface area contributed by atoms with Crippen LogP contribution in [0.5, 0.6) is 0 Å². The molecule has 0 aliphatic carbocycles. The van der Waals surface area contributed by atoms with Gasteiger partial charge < -0.3 is 9.53 Å². The number of carbonyl (C=O) groups excluding carboxylic acids is 1. The molecule has 0 aromatic heterocycles. The van der Waals surface area contributed by atoms with Crippen molar-refractivity contribution in [3.05, 3.63) is 9.93 Å². The van der Waals surface area contributed by atoms with Crippen LogP contribution in [0.3, 0.4) is 0 Å². The predicted molar refractivity (Wildman–Crippen MR) is 97.7 cm³/mol. The highest BCUT2D eigenvalue weighted by Gasteiger charge is 2.59. The van der Waals surface area contributed by atoms with Crippen LogP contribution in [0.4, 0.5) is 0 Å². The van der Waals surface area contributed by atoms with E-state index in [1.165, 1.54) is 16.7 Å². The first-order valence-electron chi connectivity index (χ1n) is 7.76. The van der Waals surface area contributed by atoms with Crippen LogP contribution in [-0.2, 0) is 14.0 Å². The molecule has 1 amide bonds. The van der Waals surface area contributed by atoms with Crippen LogP contribution in [0, 0.1) is 5.92 Å². The highest BCUT2D eigenvalue weighted by Crippen LogP contribution is 2.53. The lowest BCUT2D eigenvalue weighted by Gasteiger charge is -2.48. The number of amides is 1. The Labute approximate surface area is 148 Å². The summed E-state index contributed by atoms with van der Waals surface area (Å²) in [6, 6.07) is 0. The Bertz CT molecular complexity index is 570. The first-order valence-corrected chi connectivity index (χ1v) is 12.0. The topological polar surface area (TPSA) is 66.8 Å². The number of nitrogens with zero attached hydrogens (tertiary/aromatic N) is 1. The summed E-state index contributed by atoms with van der Waals surface area (Å²) >= 11 is 5.58. The molecule has 3 atom stereocenters. The van der Waals surface area contributed by atoms with Crippen molar-refractivity contribution in [1.29, 1.82) is 0 Å². The van der Waals surface area contributed by atoms with Crippen molar-refractivity contribution in [3.8, 4) is 0 Å². The molecule has 0 unspecified atom stereocenters. The Morgan fingerprint density at radius 3 is 2.48 bits per heavy atom. The van der Waals surface area contributed by atoms with E-state index in [0.29, 0.717) is 4.24 Å². The largest absolute Gasteiger partial charge is 0.477 e. The van der Waals surface area contributed by atoms with Gasteiger partial charge in [-0.05, 0) is 24.6 Å². The molecular weight excluding hydrogens is 350 g/mol. The van der Waals surface area contributed by atoms with Gasteiger partial charge in [0.15, 0.2) is 14.0 Å². The number of fused-ring (bicyclic) bond motifs is 1. The lowest BCUT2D eigenvalue weighted by atomic mass is 9.90. The maximum Gasteiger partial charge on any atom is 0.354 e. The zero-order valence-corrected chi connectivity index (χ0v) is 17.1. The molecule has 23 heavy (non-hydrogen) atoms. The minimum absolute atomic E-state index is 0.00626. The molecule has 5 nitrogen and oxygen atoms in total. The van der Waals surface area contributed by atoms with Gasteiger partial charge in [-0.1, -0.05) is 39.5 Å². The van der Waals surface area contributed by atoms with Crippen molar-refractivity contribution < 1.29 is 19.1 Å². The summed E-state index contributed by atoms with van der Waals surface area (Å²) in [5.41, 5.74) is 0.00626. The van der Waals surface area contributed by atoms with Crippen molar-refractivity contribution in [2.45, 2.75) is 63.7 Å². The van der Waals surface area contributed by atoms with Crippen molar-refractivity contribution >= 4 is 44.6 Å². The van der Waals surface area contributed by atoms with Crippen molar-refractivity contribution in [2.75, 3.05) is 0 Å². The van der Waals surface area contributed by atoms with Crippen LogP contribution < -0.4 is 0 Å². The number of rotatable bonds is 5. The molecule has 2 rings (SSSR count). The lowest BCUT2D eigenvalue weighted by molar-refractivity contribution is -0.156. The maximum atomic E-state index is 12.6. The normalized spacial score (nSPS) is 26.2. The fourth-order valence-corrected chi connectivity index (χ4v) is 5.86. The predicted octanol–water partition coefficient (Wildman–Crippen LogP) is 3.50. The lowest BCUT2D eigenvalue weighted by Crippen LogP contribution is -2.63. The maximum absolute atomic E-state index is 12.6. The molecule has 0 aromatic carbocycles. The summed E-state index contributed by atoms with van der Waals surface area (Å²) in [5.74, 6) is -1.55. The van der Waals surface area contributed by atoms with E-state index in [-0.39, 0.29) is 34.0 Å². The molecule has 2 aliphatic heterocycles. The Balaban J connectivity index is 2.18. The SMILES string of the molecule is CC[C@H](O[Si](C)(C)C(C)(C)C)[C@@H]1C(=O)N2C(C(=O)O)=C(S)S[C@H]12. The molecular formula is C15H25NO4S2Si. The van der Waals surface area contributed by atoms with Gasteiger partial charge in [0, 0.05) is 0 Å². The second-order valence-corrected chi connectivity index (χ2v) is 14.2. The van der Waals surface area contributed by atoms with Crippen LogP contribution in [0.1, 0.15) is 34.1 Å². The van der Waals surface area contributed by atoms with E-state index in [2.05, 4.69) is 46.5 Å². The third kappa shape index (κ3) is 3.10. The number of carboxylic acids is 1. The Morgan fingerprint density at radius 1 is 1.48 bits per heavy atom. The number of thioether (sulfide) groups is 1. The highest BCUT2D eigenvalue weighted by molar-refractivity contribution is 8.16. The first kappa shape index (κ1) is 18.9. The van der Waals surface area contributed by atoms with Gasteiger partial charge in [0.25, 0.3) is 0 Å². The molecule has 0 aromatic rings. The molecule has 1 saturated heterocycles. The van der Waals surface area contributed by atoms with Crippen molar-refractivity contribution in [2.24, 2.45) is 5.92 Å². The van der Waals surface area contributed by atoms with Crippen LogP contribution in [-0.4, -0.2) is 41.7 Å². The quantitative estimate of drug-likeness (QED) is 0.437. The molecule has 8 heteroatoms. The molecule has 2 aliphatic rings. The minimum Gasteiger partial charge on any atom is -0.477 e. The van der Waals surface area contributed by atoms with Crippen molar-refractivity contribution in [3.63, 3.8) is 0 Å². The highest BCUT2D eigenvalue weighted by atomic mass is 32.2. The van der Waals surface area contributed by atoms with Gasteiger partial charge in [-0.25, -0.2) is 4.79 Å². The third-order valence-electron chi connectivity index (χ3n) is 5.02. The number of β-lactam (4-membered cyclic amide) rings is 1. The number of carboxylic acid groups (broad SMARTS) is 1. The van der Waals surface area contributed by atoms with Gasteiger partial charge in [0.05, 0.1) is 16.3 Å². The fourth-order valence-electron chi connectivity index (χ4n) is 2.63. The van der Waals surface area contributed by atoms with Gasteiger partial charge in [-0.15, -0.1) is 12.6 Å². The number of carbonyl (C=O) groups is 2. The molecule has 0 saturated carbocycles. The fraction of sp³-hybridized carbons (Fsp3) is 0.733. The van der Waals surface area contributed by atoms with Gasteiger partial charge in [-0.3, -0.25) is 9.69 Å². The van der Waals surface area contributed by atoms with E-state index >= 15 is 0 Å². The van der Waals surface area contributed by atoms with E-state index in [4.69, 9.17) is 4.43 Å². The Morgan fingerprint density at radius 2 is 2.04 bits per heavy atom. The van der Waals surface area contributed by atoms with Crippen LogP contribution in [0.2, 0.25) is 18.1 Å². The number of thiol groups is 1. The zero-order chi connectivity index (χ0) is 17.7. The number of hydrogen-bond donors (Lipinski definition) is 2. The van der Waals surface area contributed by atoms with E-state index in [1.54, 1.807) is 0 Å². The molecule has 1 fully saturated rings. The van der Waals surface area contributed by atoms with Gasteiger partial charge >= 0.3 is 5.97 Å². The van der Waals surface area contributed by atoms with E-state index in [0.717, 1.165) is 6.42 Å². The molecule has 0 radical (unpaired) electrons. The summed E-state index contributed by atoms with van der Waals surface area (Å²) < 4.78 is 6.86. The summed E-state index contributed by atoms with van der Waals surface area (Å²) in [5, 5.41) is 9.13. The average Bonchev–Trinajstić information content (AvgIpc) is 2.70. The Kier molecular flexibility index (Phi) is 5.03. The molecule has 1 N–H and O–H groups in total. The van der Waals surface area contributed by atoms with Crippen LogP contribution in [0.15, 0.2) is 9.93 Å². The summed E-state index contributed by atoms with van der Waals surface area (Å²) in [6.45, 7) is 12.9. The van der Waals surface area contributed by atoms with Crippen LogP contribution in [0.25, 0.3) is 0 Å². The molecule has 0 bridgehead atoms. The monoisotopic (exact) mass is 375 g/mol. The van der Waals surface area contributed by atoms with E-state index in [1.807, 2.05) is 6.92 Å². The molecule has 0 spiro atoms. The van der Waals surface area contributed by atoms with E-state index < -0.39 is 14.3 Å². The minimum atomic E-state index is -1.99. The van der Waals surface area contributed by atoms with Crippen LogP contribution >= 0.6 is 24.4 Å². The zero-order valence-electron chi connectivity index (χ0n) is 14.4. The number of hydrogen-bond acceptors (Lipinski definition) is 5. The van der Waals surface area contributed by atoms with Gasteiger partial charge in [0.2, 0.25) is 5.91 Å². The summed E-state index contributed by atoms with van der Waals surface area (Å²) in [7, 11) is -1.99. The third-order valence-corrected chi connectivity index (χ3v) is 11.2. The van der Waals surface area contributed by atoms with Gasteiger partial charge in [-0.2, -0.15) is 0 Å². The Hall–Kier alpha value is -0.443. The standard InChI is InChI=1S/C15H25NO4S2Si/c1-7-8(20-23(5,6)15(2,3)4)9-11(17)16-10(13(18)19)14(21)22-12(9)16/h8-9,12,21H,7H2,1-6H3,(H,18,19)/t8-,9+,12+/m0/s1. The van der Waals surface area contributed by atoms with E-state index in [9.17, 15) is 14.7 Å². The first-order chi connectivity index (χ1) is 10.4. The van der Waals surface area contributed by atoms with Gasteiger partial charge in [0.1, 0.15) is 5.37 Å².